The van der Waals surface area contributed by atoms with Crippen LogP contribution in [0, 0.1) is 0 Å². The molecule has 2 rings (SSSR count). The molecule has 1 aromatic carbocycles. The van der Waals surface area contributed by atoms with Gasteiger partial charge in [0.1, 0.15) is 11.5 Å². The second-order valence-electron chi connectivity index (χ2n) is 6.34. The maximum absolute atomic E-state index is 12.0. The second kappa shape index (κ2) is 10.8. The summed E-state index contributed by atoms with van der Waals surface area (Å²) in [4.78, 5) is 14.5. The van der Waals surface area contributed by atoms with Gasteiger partial charge < -0.3 is 19.7 Å². The molecule has 0 aromatic heterocycles. The molecule has 1 N–H and O–H groups in total. The Morgan fingerprint density at radius 2 is 1.92 bits per heavy atom. The summed E-state index contributed by atoms with van der Waals surface area (Å²) in [5.74, 6) is 1.34. The first-order valence-corrected chi connectivity index (χ1v) is 9.13. The first kappa shape index (κ1) is 19.3. The van der Waals surface area contributed by atoms with Crippen LogP contribution >= 0.6 is 0 Å². The summed E-state index contributed by atoms with van der Waals surface area (Å²) in [5.41, 5.74) is 0.850. The van der Waals surface area contributed by atoms with Gasteiger partial charge in [-0.25, -0.2) is 0 Å². The quantitative estimate of drug-likeness (QED) is 0.580. The molecule has 138 valence electrons. The van der Waals surface area contributed by atoms with E-state index in [0.29, 0.717) is 12.3 Å². The standard InChI is InChI=1S/C20H30N2O3/c1-24-18-10-8-17(19(16-18)25-2)9-11-20(23)21-12-7-15-22-13-5-3-4-6-14-22/h8-11,16H,3-7,12-15H2,1-2H3,(H,21,23). The van der Waals surface area contributed by atoms with Crippen molar-refractivity contribution in [1.82, 2.24) is 10.2 Å². The van der Waals surface area contributed by atoms with E-state index in [4.69, 9.17) is 9.47 Å². The highest BCUT2D eigenvalue weighted by Crippen LogP contribution is 2.25. The molecule has 0 atom stereocenters. The van der Waals surface area contributed by atoms with Gasteiger partial charge in [-0.3, -0.25) is 4.79 Å². The highest BCUT2D eigenvalue weighted by atomic mass is 16.5. The zero-order valence-electron chi connectivity index (χ0n) is 15.4. The number of amides is 1. The van der Waals surface area contributed by atoms with Crippen LogP contribution < -0.4 is 14.8 Å². The Morgan fingerprint density at radius 1 is 1.16 bits per heavy atom. The fourth-order valence-electron chi connectivity index (χ4n) is 3.05. The van der Waals surface area contributed by atoms with Crippen molar-refractivity contribution in [1.29, 1.82) is 0 Å². The first-order valence-electron chi connectivity index (χ1n) is 9.13. The lowest BCUT2D eigenvalue weighted by molar-refractivity contribution is -0.116. The molecular formula is C20H30N2O3. The molecule has 0 aliphatic carbocycles. The third kappa shape index (κ3) is 6.78. The van der Waals surface area contributed by atoms with Crippen molar-refractivity contribution in [2.45, 2.75) is 32.1 Å². The van der Waals surface area contributed by atoms with Crippen LogP contribution in [0.5, 0.6) is 11.5 Å². The molecule has 0 spiro atoms. The number of likely N-dealkylation sites (tertiary alicyclic amines) is 1. The van der Waals surface area contributed by atoms with Crippen LogP contribution in [0.1, 0.15) is 37.7 Å². The Bertz CT molecular complexity index is 564. The van der Waals surface area contributed by atoms with E-state index in [9.17, 15) is 4.79 Å². The van der Waals surface area contributed by atoms with Gasteiger partial charge in [-0.15, -0.1) is 0 Å². The fraction of sp³-hybridized carbons (Fsp3) is 0.550. The number of benzene rings is 1. The molecule has 1 fully saturated rings. The average Bonchev–Trinajstić information content (AvgIpc) is 2.92. The summed E-state index contributed by atoms with van der Waals surface area (Å²) in [7, 11) is 3.22. The van der Waals surface area contributed by atoms with E-state index in [2.05, 4.69) is 10.2 Å². The van der Waals surface area contributed by atoms with E-state index in [1.165, 1.54) is 38.8 Å². The molecule has 1 aliphatic rings. The molecule has 0 radical (unpaired) electrons. The van der Waals surface area contributed by atoms with E-state index in [1.54, 1.807) is 32.4 Å². The molecule has 1 aromatic rings. The van der Waals surface area contributed by atoms with Crippen LogP contribution in [0.4, 0.5) is 0 Å². The zero-order chi connectivity index (χ0) is 17.9. The average molecular weight is 346 g/mol. The van der Waals surface area contributed by atoms with Gasteiger partial charge in [0.25, 0.3) is 0 Å². The predicted molar refractivity (Wildman–Crippen MR) is 101 cm³/mol. The van der Waals surface area contributed by atoms with E-state index in [0.717, 1.165) is 24.3 Å². The van der Waals surface area contributed by atoms with Crippen LogP contribution in [0.25, 0.3) is 6.08 Å². The molecular weight excluding hydrogens is 316 g/mol. The van der Waals surface area contributed by atoms with E-state index in [-0.39, 0.29) is 5.91 Å². The number of nitrogens with one attached hydrogen (secondary N) is 1. The number of hydrogen-bond donors (Lipinski definition) is 1. The number of carbonyl (C=O) groups is 1. The number of rotatable bonds is 8. The first-order chi connectivity index (χ1) is 12.2. The minimum Gasteiger partial charge on any atom is -0.497 e. The summed E-state index contributed by atoms with van der Waals surface area (Å²) in [6.07, 6.45) is 9.63. The molecule has 1 amide bonds. The molecule has 1 saturated heterocycles. The summed E-state index contributed by atoms with van der Waals surface area (Å²) in [6.45, 7) is 4.17. The van der Waals surface area contributed by atoms with Crippen molar-refractivity contribution < 1.29 is 14.3 Å². The van der Waals surface area contributed by atoms with Crippen LogP contribution in [-0.4, -0.2) is 51.2 Å². The summed E-state index contributed by atoms with van der Waals surface area (Å²) >= 11 is 0. The lowest BCUT2D eigenvalue weighted by Gasteiger charge is -2.19. The molecule has 0 unspecified atom stereocenters. The number of carbonyl (C=O) groups excluding carboxylic acids is 1. The van der Waals surface area contributed by atoms with E-state index < -0.39 is 0 Å². The minimum atomic E-state index is -0.0752. The van der Waals surface area contributed by atoms with E-state index >= 15 is 0 Å². The maximum Gasteiger partial charge on any atom is 0.244 e. The smallest absolute Gasteiger partial charge is 0.244 e. The Kier molecular flexibility index (Phi) is 8.32. The van der Waals surface area contributed by atoms with Gasteiger partial charge in [0.2, 0.25) is 5.91 Å². The van der Waals surface area contributed by atoms with Gasteiger partial charge in [0, 0.05) is 24.3 Å². The van der Waals surface area contributed by atoms with Gasteiger partial charge in [0.05, 0.1) is 14.2 Å². The van der Waals surface area contributed by atoms with Crippen molar-refractivity contribution in [2.75, 3.05) is 40.4 Å². The summed E-state index contributed by atoms with van der Waals surface area (Å²) < 4.78 is 10.5. The number of methoxy groups -OCH3 is 2. The van der Waals surface area contributed by atoms with Crippen molar-refractivity contribution in [3.63, 3.8) is 0 Å². The summed E-state index contributed by atoms with van der Waals surface area (Å²) in [5, 5.41) is 2.95. The van der Waals surface area contributed by atoms with Crippen LogP contribution in [0.2, 0.25) is 0 Å². The predicted octanol–water partition coefficient (Wildman–Crippen LogP) is 3.10. The SMILES string of the molecule is COc1ccc(C=CC(=O)NCCCN2CCCCCC2)c(OC)c1. The lowest BCUT2D eigenvalue weighted by Crippen LogP contribution is -2.30. The zero-order valence-corrected chi connectivity index (χ0v) is 15.4. The molecule has 5 heteroatoms. The van der Waals surface area contributed by atoms with Crippen LogP contribution in [0.15, 0.2) is 24.3 Å². The third-order valence-electron chi connectivity index (χ3n) is 4.50. The number of ether oxygens (including phenoxy) is 2. The topological polar surface area (TPSA) is 50.8 Å². The Labute approximate surface area is 151 Å². The molecule has 5 nitrogen and oxygen atoms in total. The highest BCUT2D eigenvalue weighted by Gasteiger charge is 2.08. The molecule has 0 saturated carbocycles. The van der Waals surface area contributed by atoms with Crippen molar-refractivity contribution in [3.8, 4) is 11.5 Å². The Hall–Kier alpha value is -2.01. The monoisotopic (exact) mass is 346 g/mol. The minimum absolute atomic E-state index is 0.0752. The van der Waals surface area contributed by atoms with Gasteiger partial charge in [0.15, 0.2) is 0 Å². The van der Waals surface area contributed by atoms with Crippen LogP contribution in [-0.2, 0) is 4.79 Å². The second-order valence-corrected chi connectivity index (χ2v) is 6.34. The van der Waals surface area contributed by atoms with Crippen molar-refractivity contribution >= 4 is 12.0 Å². The molecule has 1 heterocycles. The maximum atomic E-state index is 12.0. The van der Waals surface area contributed by atoms with Gasteiger partial charge in [-0.1, -0.05) is 12.8 Å². The van der Waals surface area contributed by atoms with Gasteiger partial charge in [-0.2, -0.15) is 0 Å². The largest absolute Gasteiger partial charge is 0.497 e. The van der Waals surface area contributed by atoms with Crippen molar-refractivity contribution in [2.24, 2.45) is 0 Å². The lowest BCUT2D eigenvalue weighted by atomic mass is 10.1. The Balaban J connectivity index is 1.73. The molecule has 25 heavy (non-hydrogen) atoms. The molecule has 1 aliphatic heterocycles. The highest BCUT2D eigenvalue weighted by molar-refractivity contribution is 5.92. The Morgan fingerprint density at radius 3 is 2.60 bits per heavy atom. The number of nitrogens with zero attached hydrogens (tertiary/aromatic N) is 1. The van der Waals surface area contributed by atoms with E-state index in [1.807, 2.05) is 12.1 Å². The normalized spacial score (nSPS) is 15.8. The molecule has 0 bridgehead atoms. The van der Waals surface area contributed by atoms with Gasteiger partial charge >= 0.3 is 0 Å². The third-order valence-corrected chi connectivity index (χ3v) is 4.50. The van der Waals surface area contributed by atoms with Crippen LogP contribution in [0.3, 0.4) is 0 Å². The van der Waals surface area contributed by atoms with Gasteiger partial charge in [-0.05, 0) is 57.1 Å². The fourth-order valence-corrected chi connectivity index (χ4v) is 3.05. The van der Waals surface area contributed by atoms with Crippen molar-refractivity contribution in [3.05, 3.63) is 29.8 Å². The number of hydrogen-bond acceptors (Lipinski definition) is 4. The summed E-state index contributed by atoms with van der Waals surface area (Å²) in [6, 6.07) is 5.53.